The Hall–Kier alpha value is -1.35. The molecule has 6 fully saturated rings. The summed E-state index contributed by atoms with van der Waals surface area (Å²) in [6.45, 7) is 11.0. The summed E-state index contributed by atoms with van der Waals surface area (Å²) in [5.74, 6) is -1.10. The average molecular weight is 829 g/mol. The number of aliphatic hydroxyl groups excluding tert-OH is 11. The number of rotatable bonds is 7. The Morgan fingerprint density at radius 3 is 2.03 bits per heavy atom. The van der Waals surface area contributed by atoms with Gasteiger partial charge >= 0.3 is 5.97 Å². The summed E-state index contributed by atoms with van der Waals surface area (Å²) in [7, 11) is 0. The van der Waals surface area contributed by atoms with Crippen LogP contribution in [0, 0.1) is 56.7 Å². The van der Waals surface area contributed by atoms with Gasteiger partial charge in [-0.1, -0.05) is 53.2 Å². The number of esters is 1. The molecule has 0 aromatic carbocycles. The van der Waals surface area contributed by atoms with E-state index in [0.717, 1.165) is 12.0 Å². The highest BCUT2D eigenvalue weighted by Gasteiger charge is 2.73. The molecular formula is C42H68O16. The van der Waals surface area contributed by atoms with Crippen molar-refractivity contribution in [2.75, 3.05) is 19.8 Å². The molecule has 7 rings (SSSR count). The maximum absolute atomic E-state index is 14.8. The Morgan fingerprint density at radius 2 is 1.40 bits per heavy atom. The molecular weight excluding hydrogens is 760 g/mol. The lowest BCUT2D eigenvalue weighted by Gasteiger charge is -2.72. The average Bonchev–Trinajstić information content (AvgIpc) is 3.17. The highest BCUT2D eigenvalue weighted by molar-refractivity contribution is 5.79. The van der Waals surface area contributed by atoms with Gasteiger partial charge in [0.15, 0.2) is 6.29 Å². The van der Waals surface area contributed by atoms with E-state index in [4.69, 9.17) is 18.9 Å². The molecule has 2 saturated heterocycles. The smallest absolute Gasteiger partial charge is 0.315 e. The molecule has 0 bridgehead atoms. The van der Waals surface area contributed by atoms with Crippen LogP contribution in [0.3, 0.4) is 0 Å². The molecule has 0 amide bonds. The zero-order chi connectivity index (χ0) is 42.7. The van der Waals surface area contributed by atoms with E-state index in [2.05, 4.69) is 40.7 Å². The normalized spacial score (nSPS) is 56.9. The van der Waals surface area contributed by atoms with E-state index in [9.17, 15) is 61.0 Å². The van der Waals surface area contributed by atoms with Crippen molar-refractivity contribution in [3.8, 4) is 0 Å². The highest BCUT2D eigenvalue weighted by Crippen LogP contribution is 2.76. The van der Waals surface area contributed by atoms with Crippen molar-refractivity contribution in [2.24, 2.45) is 56.7 Å². The summed E-state index contributed by atoms with van der Waals surface area (Å²) in [5, 5.41) is 118. The molecule has 0 aromatic rings. The third-order valence-electron chi connectivity index (χ3n) is 17.5. The quantitative estimate of drug-likeness (QED) is 0.109. The molecule has 2 heterocycles. The zero-order valence-electron chi connectivity index (χ0n) is 34.5. The zero-order valence-corrected chi connectivity index (χ0v) is 34.5. The van der Waals surface area contributed by atoms with E-state index in [1.165, 1.54) is 0 Å². The van der Waals surface area contributed by atoms with Gasteiger partial charge in [0.25, 0.3) is 0 Å². The summed E-state index contributed by atoms with van der Waals surface area (Å²) in [5.41, 5.74) is -2.64. The number of fused-ring (bicyclic) bond motifs is 7. The lowest BCUT2D eigenvalue weighted by Crippen LogP contribution is -2.71. The molecule has 11 N–H and O–H groups in total. The van der Waals surface area contributed by atoms with Gasteiger partial charge in [0, 0.05) is 11.3 Å². The summed E-state index contributed by atoms with van der Waals surface area (Å²) < 4.78 is 22.9. The lowest BCUT2D eigenvalue weighted by molar-refractivity contribution is -0.328. The minimum Gasteiger partial charge on any atom is -0.432 e. The molecule has 2 aliphatic heterocycles. The van der Waals surface area contributed by atoms with Crippen LogP contribution in [0.4, 0.5) is 0 Å². The molecule has 23 atom stereocenters. The Labute approximate surface area is 339 Å². The molecule has 16 heteroatoms. The number of hydrogen-bond donors (Lipinski definition) is 11. The molecule has 0 aromatic heterocycles. The Morgan fingerprint density at radius 1 is 0.776 bits per heavy atom. The predicted molar refractivity (Wildman–Crippen MR) is 202 cm³/mol. The van der Waals surface area contributed by atoms with Crippen molar-refractivity contribution in [1.82, 2.24) is 0 Å². The fourth-order valence-corrected chi connectivity index (χ4v) is 13.9. The number of allylic oxidation sites excluding steroid dienone is 2. The van der Waals surface area contributed by atoms with Gasteiger partial charge < -0.3 is 75.1 Å². The second kappa shape index (κ2) is 15.5. The number of aliphatic hydroxyl groups is 11. The van der Waals surface area contributed by atoms with Crippen molar-refractivity contribution in [3.63, 3.8) is 0 Å². The fraction of sp³-hybridized carbons (Fsp3) is 0.929. The minimum atomic E-state index is -1.83. The molecule has 58 heavy (non-hydrogen) atoms. The van der Waals surface area contributed by atoms with Crippen molar-refractivity contribution < 1.29 is 79.9 Å². The summed E-state index contributed by atoms with van der Waals surface area (Å²) in [4.78, 5) is 14.8. The van der Waals surface area contributed by atoms with E-state index >= 15 is 0 Å². The number of ether oxygens (including phenoxy) is 4. The van der Waals surface area contributed by atoms with Gasteiger partial charge in [0.05, 0.1) is 43.5 Å². The van der Waals surface area contributed by atoms with Gasteiger partial charge in [-0.25, -0.2) is 0 Å². The van der Waals surface area contributed by atoms with Crippen LogP contribution < -0.4 is 0 Å². The first-order chi connectivity index (χ1) is 27.1. The number of hydrogen-bond acceptors (Lipinski definition) is 16. The molecule has 332 valence electrons. The second-order valence-corrected chi connectivity index (χ2v) is 20.3. The minimum absolute atomic E-state index is 0.0215. The van der Waals surface area contributed by atoms with Crippen molar-refractivity contribution in [1.29, 1.82) is 0 Å². The standard InChI is InChI=1S/C42H68O16/c1-18-9-10-42(37(54)58-36-32(52)30(50)28(48)24(57-36)16-55-35-31(51)29(49)27(47)23(15-43)56-35)12-11-40(5)20(26(42)19(18)2)7-8-25-38(3)13-22(46)34(53)39(4,17-44)33(38)21(45)14-41(25,40)6/h7,18-19,21-36,43-53H,8-17H2,1-6H3/t18-,19+,21?,22-,23-,24-,25-,26+,27-,28-,29+,30+,31-,32-,33?,34+,35-,36+,38-,39+,40-,41-,42+/m1/s1. The van der Waals surface area contributed by atoms with E-state index in [0.29, 0.717) is 32.1 Å². The van der Waals surface area contributed by atoms with E-state index in [-0.39, 0.29) is 36.7 Å². The van der Waals surface area contributed by atoms with E-state index < -0.39 is 132 Å². The van der Waals surface area contributed by atoms with Crippen LogP contribution in [0.15, 0.2) is 11.6 Å². The second-order valence-electron chi connectivity index (χ2n) is 20.3. The number of carbonyl (C=O) groups excluding carboxylic acids is 1. The monoisotopic (exact) mass is 828 g/mol. The Kier molecular flexibility index (Phi) is 11.9. The summed E-state index contributed by atoms with van der Waals surface area (Å²) in [6, 6.07) is 0. The molecule has 7 aliphatic rings. The maximum Gasteiger partial charge on any atom is 0.315 e. The van der Waals surface area contributed by atoms with Crippen LogP contribution in [-0.2, 0) is 23.7 Å². The van der Waals surface area contributed by atoms with Gasteiger partial charge in [-0.15, -0.1) is 0 Å². The third kappa shape index (κ3) is 6.33. The van der Waals surface area contributed by atoms with Crippen LogP contribution in [0.25, 0.3) is 0 Å². The SMILES string of the molecule is C[C@H]1[C@H](C)CC[C@]2(C(=O)O[C@@H]3O[C@H](CO[C@@H]4O[C@H](CO)[C@@H](O)[C@H](O)[C@H]4O)[C@@H](O)[C@H](O)[C@H]3O)CC[C@]3(C)C(=CC[C@@H]4[C@@]5(C)C[C@@H](O)[C@H](O)[C@@](C)(CO)C5C(O)C[C@]43C)[C@H]12. The first kappa shape index (κ1) is 44.7. The van der Waals surface area contributed by atoms with Crippen LogP contribution in [0.5, 0.6) is 0 Å². The van der Waals surface area contributed by atoms with Crippen molar-refractivity contribution in [2.45, 2.75) is 166 Å². The van der Waals surface area contributed by atoms with Gasteiger partial charge in [-0.3, -0.25) is 4.79 Å². The van der Waals surface area contributed by atoms with Crippen LogP contribution in [-0.4, -0.2) is 162 Å². The van der Waals surface area contributed by atoms with Crippen molar-refractivity contribution >= 4 is 5.97 Å². The Bertz CT molecular complexity index is 1560. The fourth-order valence-electron chi connectivity index (χ4n) is 13.9. The molecule has 0 radical (unpaired) electrons. The van der Waals surface area contributed by atoms with E-state index in [1.54, 1.807) is 6.92 Å². The summed E-state index contributed by atoms with van der Waals surface area (Å²) in [6.07, 6.45) is -13.7. The van der Waals surface area contributed by atoms with Crippen molar-refractivity contribution in [3.05, 3.63) is 11.6 Å². The van der Waals surface area contributed by atoms with Gasteiger partial charge in [0.1, 0.15) is 48.8 Å². The maximum atomic E-state index is 14.8. The topological polar surface area (TPSA) is 277 Å². The molecule has 16 nitrogen and oxygen atoms in total. The van der Waals surface area contributed by atoms with Gasteiger partial charge in [0.2, 0.25) is 6.29 Å². The first-order valence-corrected chi connectivity index (χ1v) is 21.3. The van der Waals surface area contributed by atoms with Crippen LogP contribution in [0.1, 0.15) is 86.5 Å². The first-order valence-electron chi connectivity index (χ1n) is 21.3. The summed E-state index contributed by atoms with van der Waals surface area (Å²) >= 11 is 0. The molecule has 2 unspecified atom stereocenters. The van der Waals surface area contributed by atoms with Gasteiger partial charge in [-0.05, 0) is 84.9 Å². The Balaban J connectivity index is 1.16. The predicted octanol–water partition coefficient (Wildman–Crippen LogP) is -0.914. The highest BCUT2D eigenvalue weighted by atomic mass is 16.7. The largest absolute Gasteiger partial charge is 0.432 e. The molecule has 0 spiro atoms. The lowest BCUT2D eigenvalue weighted by atomic mass is 9.32. The van der Waals surface area contributed by atoms with Crippen LogP contribution in [0.2, 0.25) is 0 Å². The van der Waals surface area contributed by atoms with E-state index in [1.807, 2.05) is 0 Å². The number of carbonyl (C=O) groups is 1. The van der Waals surface area contributed by atoms with Crippen LogP contribution >= 0.6 is 0 Å². The van der Waals surface area contributed by atoms with Gasteiger partial charge in [-0.2, -0.15) is 0 Å². The molecule has 4 saturated carbocycles. The molecule has 5 aliphatic carbocycles. The third-order valence-corrected chi connectivity index (χ3v) is 17.5.